The molecule has 1 rings (SSSR count). The number of ether oxygens (including phenoxy) is 1. The molecule has 0 aliphatic heterocycles. The maximum atomic E-state index is 11.3. The number of aryl methyl sites for hydroxylation is 1. The monoisotopic (exact) mass is 222 g/mol. The molecular weight excluding hydrogens is 204 g/mol. The van der Waals surface area contributed by atoms with E-state index in [-0.39, 0.29) is 5.97 Å². The van der Waals surface area contributed by atoms with Crippen LogP contribution < -0.4 is 11.1 Å². The summed E-state index contributed by atoms with van der Waals surface area (Å²) in [6, 6.07) is 5.46. The van der Waals surface area contributed by atoms with Crippen molar-refractivity contribution in [3.05, 3.63) is 29.3 Å². The van der Waals surface area contributed by atoms with E-state index in [2.05, 4.69) is 10.1 Å². The smallest absolute Gasteiger partial charge is 0.337 e. The predicted molar refractivity (Wildman–Crippen MR) is 64.7 cm³/mol. The Hall–Kier alpha value is -1.55. The van der Waals surface area contributed by atoms with Crippen LogP contribution in [0.15, 0.2) is 18.2 Å². The second-order valence-electron chi connectivity index (χ2n) is 3.59. The summed E-state index contributed by atoms with van der Waals surface area (Å²) in [4.78, 5) is 11.3. The Labute approximate surface area is 95.8 Å². The fourth-order valence-corrected chi connectivity index (χ4v) is 1.43. The Morgan fingerprint density at radius 3 is 2.81 bits per heavy atom. The minimum Gasteiger partial charge on any atom is -0.465 e. The van der Waals surface area contributed by atoms with Crippen LogP contribution in [0.1, 0.15) is 22.3 Å². The Morgan fingerprint density at radius 1 is 1.50 bits per heavy atom. The number of methoxy groups -OCH3 is 1. The van der Waals surface area contributed by atoms with Crippen molar-refractivity contribution in [3.63, 3.8) is 0 Å². The summed E-state index contributed by atoms with van der Waals surface area (Å²) in [6.45, 7) is 3.47. The highest BCUT2D eigenvalue weighted by atomic mass is 16.5. The van der Waals surface area contributed by atoms with Gasteiger partial charge in [0, 0.05) is 12.2 Å². The Balaban J connectivity index is 2.71. The van der Waals surface area contributed by atoms with Gasteiger partial charge in [-0.25, -0.2) is 4.79 Å². The van der Waals surface area contributed by atoms with Crippen LogP contribution in [0.3, 0.4) is 0 Å². The normalized spacial score (nSPS) is 9.94. The van der Waals surface area contributed by atoms with Crippen LogP contribution in [0.2, 0.25) is 0 Å². The van der Waals surface area contributed by atoms with E-state index < -0.39 is 0 Å². The highest BCUT2D eigenvalue weighted by Crippen LogP contribution is 2.16. The second kappa shape index (κ2) is 6.12. The molecule has 0 radical (unpaired) electrons. The number of carbonyl (C=O) groups excluding carboxylic acids is 1. The molecule has 3 N–H and O–H groups in total. The van der Waals surface area contributed by atoms with Crippen molar-refractivity contribution < 1.29 is 9.53 Å². The lowest BCUT2D eigenvalue weighted by Gasteiger charge is -2.10. The number of hydrogen-bond acceptors (Lipinski definition) is 4. The predicted octanol–water partition coefficient (Wildman–Crippen LogP) is 1.54. The van der Waals surface area contributed by atoms with Gasteiger partial charge in [0.1, 0.15) is 0 Å². The van der Waals surface area contributed by atoms with Crippen molar-refractivity contribution in [1.82, 2.24) is 0 Å². The van der Waals surface area contributed by atoms with Crippen LogP contribution in [0.25, 0.3) is 0 Å². The zero-order valence-electron chi connectivity index (χ0n) is 9.75. The van der Waals surface area contributed by atoms with Gasteiger partial charge in [0.05, 0.1) is 12.7 Å². The van der Waals surface area contributed by atoms with E-state index in [1.807, 2.05) is 19.1 Å². The van der Waals surface area contributed by atoms with Crippen molar-refractivity contribution in [2.24, 2.45) is 5.73 Å². The molecule has 0 aromatic heterocycles. The van der Waals surface area contributed by atoms with E-state index >= 15 is 0 Å². The van der Waals surface area contributed by atoms with E-state index in [0.717, 1.165) is 24.2 Å². The van der Waals surface area contributed by atoms with Crippen LogP contribution >= 0.6 is 0 Å². The van der Waals surface area contributed by atoms with Gasteiger partial charge in [-0.3, -0.25) is 0 Å². The molecule has 0 fully saturated rings. The molecule has 0 aliphatic carbocycles. The third kappa shape index (κ3) is 3.24. The van der Waals surface area contributed by atoms with E-state index in [0.29, 0.717) is 12.1 Å². The number of nitrogens with two attached hydrogens (primary N) is 1. The molecule has 0 heterocycles. The Kier molecular flexibility index (Phi) is 4.79. The van der Waals surface area contributed by atoms with Gasteiger partial charge in [0.25, 0.3) is 0 Å². The van der Waals surface area contributed by atoms with Crippen LogP contribution in [0, 0.1) is 6.92 Å². The molecule has 0 saturated carbocycles. The van der Waals surface area contributed by atoms with Gasteiger partial charge < -0.3 is 15.8 Å². The number of esters is 1. The van der Waals surface area contributed by atoms with Gasteiger partial charge >= 0.3 is 5.97 Å². The van der Waals surface area contributed by atoms with Crippen molar-refractivity contribution >= 4 is 11.7 Å². The molecule has 0 atom stereocenters. The standard InChI is InChI=1S/C12H18N2O2/c1-9-8-10(12(15)16-2)4-5-11(9)14-7-3-6-13/h4-5,8,14H,3,6-7,13H2,1-2H3. The quantitative estimate of drug-likeness (QED) is 0.586. The SMILES string of the molecule is COC(=O)c1ccc(NCCCN)c(C)c1. The van der Waals surface area contributed by atoms with Crippen LogP contribution in [0.4, 0.5) is 5.69 Å². The van der Waals surface area contributed by atoms with Crippen molar-refractivity contribution in [2.75, 3.05) is 25.5 Å². The summed E-state index contributed by atoms with van der Waals surface area (Å²) >= 11 is 0. The molecule has 4 nitrogen and oxygen atoms in total. The molecule has 0 bridgehead atoms. The zero-order chi connectivity index (χ0) is 12.0. The minimum absolute atomic E-state index is 0.309. The van der Waals surface area contributed by atoms with Gasteiger partial charge in [0.2, 0.25) is 0 Å². The van der Waals surface area contributed by atoms with Crippen LogP contribution in [0.5, 0.6) is 0 Å². The zero-order valence-corrected chi connectivity index (χ0v) is 9.75. The van der Waals surface area contributed by atoms with Crippen molar-refractivity contribution in [2.45, 2.75) is 13.3 Å². The van der Waals surface area contributed by atoms with Gasteiger partial charge in [-0.1, -0.05) is 0 Å². The van der Waals surface area contributed by atoms with Crippen molar-refractivity contribution in [1.29, 1.82) is 0 Å². The Morgan fingerprint density at radius 2 is 2.25 bits per heavy atom. The number of anilines is 1. The third-order valence-corrected chi connectivity index (χ3v) is 2.34. The van der Waals surface area contributed by atoms with Crippen LogP contribution in [-0.2, 0) is 4.74 Å². The molecule has 1 aromatic carbocycles. The molecule has 0 spiro atoms. The minimum atomic E-state index is -0.309. The van der Waals surface area contributed by atoms with E-state index in [1.54, 1.807) is 6.07 Å². The molecule has 16 heavy (non-hydrogen) atoms. The molecule has 0 aliphatic rings. The summed E-state index contributed by atoms with van der Waals surface area (Å²) in [5, 5.41) is 3.27. The number of benzene rings is 1. The summed E-state index contributed by atoms with van der Waals surface area (Å²) in [7, 11) is 1.38. The summed E-state index contributed by atoms with van der Waals surface area (Å²) in [5.74, 6) is -0.309. The molecule has 0 saturated heterocycles. The first-order valence-corrected chi connectivity index (χ1v) is 5.32. The first-order valence-electron chi connectivity index (χ1n) is 5.32. The van der Waals surface area contributed by atoms with Gasteiger partial charge in [-0.2, -0.15) is 0 Å². The van der Waals surface area contributed by atoms with E-state index in [4.69, 9.17) is 5.73 Å². The lowest BCUT2D eigenvalue weighted by molar-refractivity contribution is 0.0600. The number of hydrogen-bond donors (Lipinski definition) is 2. The lowest BCUT2D eigenvalue weighted by atomic mass is 10.1. The number of rotatable bonds is 5. The molecular formula is C12H18N2O2. The molecule has 0 amide bonds. The van der Waals surface area contributed by atoms with E-state index in [1.165, 1.54) is 7.11 Å². The van der Waals surface area contributed by atoms with Gasteiger partial charge in [0.15, 0.2) is 0 Å². The van der Waals surface area contributed by atoms with E-state index in [9.17, 15) is 4.79 Å². The fraction of sp³-hybridized carbons (Fsp3) is 0.417. The highest BCUT2D eigenvalue weighted by molar-refractivity contribution is 5.90. The average molecular weight is 222 g/mol. The average Bonchev–Trinajstić information content (AvgIpc) is 2.30. The summed E-state index contributed by atoms with van der Waals surface area (Å²) < 4.78 is 4.65. The van der Waals surface area contributed by atoms with Gasteiger partial charge in [-0.15, -0.1) is 0 Å². The van der Waals surface area contributed by atoms with Crippen molar-refractivity contribution in [3.8, 4) is 0 Å². The number of nitrogens with one attached hydrogen (secondary N) is 1. The molecule has 1 aromatic rings. The third-order valence-electron chi connectivity index (χ3n) is 2.34. The fourth-order valence-electron chi connectivity index (χ4n) is 1.43. The molecule has 88 valence electrons. The maximum Gasteiger partial charge on any atom is 0.337 e. The maximum absolute atomic E-state index is 11.3. The molecule has 4 heteroatoms. The lowest BCUT2D eigenvalue weighted by Crippen LogP contribution is -2.09. The largest absolute Gasteiger partial charge is 0.465 e. The first kappa shape index (κ1) is 12.5. The Bertz CT molecular complexity index is 364. The van der Waals surface area contributed by atoms with Crippen LogP contribution in [-0.4, -0.2) is 26.2 Å². The summed E-state index contributed by atoms with van der Waals surface area (Å²) in [5.41, 5.74) is 8.04. The topological polar surface area (TPSA) is 64.3 Å². The number of carbonyl (C=O) groups is 1. The van der Waals surface area contributed by atoms with Gasteiger partial charge in [-0.05, 0) is 43.7 Å². The summed E-state index contributed by atoms with van der Waals surface area (Å²) in [6.07, 6.45) is 0.929. The highest BCUT2D eigenvalue weighted by Gasteiger charge is 2.06. The first-order chi connectivity index (χ1) is 7.69. The molecule has 0 unspecified atom stereocenters. The second-order valence-corrected chi connectivity index (χ2v) is 3.59.